The Balaban J connectivity index is 2.02. The van der Waals surface area contributed by atoms with E-state index in [0.29, 0.717) is 5.95 Å². The van der Waals surface area contributed by atoms with Gasteiger partial charge in [-0.3, -0.25) is 5.43 Å². The molecule has 19 heavy (non-hydrogen) atoms. The third-order valence-corrected chi connectivity index (χ3v) is 3.88. The van der Waals surface area contributed by atoms with Gasteiger partial charge in [0.15, 0.2) is 0 Å². The highest BCUT2D eigenvalue weighted by molar-refractivity contribution is 5.41. The Bertz CT molecular complexity index is 417. The largest absolute Gasteiger partial charge is 0.396 e. The van der Waals surface area contributed by atoms with Crippen molar-refractivity contribution in [2.45, 2.75) is 39.0 Å². The van der Waals surface area contributed by atoms with Crippen LogP contribution in [0.4, 0.5) is 11.8 Å². The first-order valence-electron chi connectivity index (χ1n) is 6.84. The molecule has 1 heterocycles. The molecule has 0 radical (unpaired) electrons. The number of aryl methyl sites for hydroxylation is 1. The molecule has 0 aliphatic heterocycles. The molecular formula is C13H23N5O. The van der Waals surface area contributed by atoms with Crippen LogP contribution >= 0.6 is 0 Å². The molecule has 6 heteroatoms. The Morgan fingerprint density at radius 3 is 2.68 bits per heavy atom. The number of hydrogen-bond acceptors (Lipinski definition) is 6. The molecule has 1 saturated carbocycles. The van der Waals surface area contributed by atoms with Crippen LogP contribution in [0.3, 0.4) is 0 Å². The van der Waals surface area contributed by atoms with E-state index in [4.69, 9.17) is 5.84 Å². The highest BCUT2D eigenvalue weighted by Crippen LogP contribution is 2.35. The van der Waals surface area contributed by atoms with Crippen molar-refractivity contribution in [3.63, 3.8) is 0 Å². The summed E-state index contributed by atoms with van der Waals surface area (Å²) >= 11 is 0. The molecule has 0 bridgehead atoms. The van der Waals surface area contributed by atoms with Gasteiger partial charge in [-0.05, 0) is 19.8 Å². The summed E-state index contributed by atoms with van der Waals surface area (Å²) in [7, 11) is 0. The molecule has 0 unspecified atom stereocenters. The number of hydrogen-bond donors (Lipinski definition) is 4. The third kappa shape index (κ3) is 3.54. The summed E-state index contributed by atoms with van der Waals surface area (Å²) in [5.41, 5.74) is 3.31. The number of nitrogens with one attached hydrogen (secondary N) is 2. The van der Waals surface area contributed by atoms with Gasteiger partial charge in [0.1, 0.15) is 5.82 Å². The Morgan fingerprint density at radius 1 is 1.32 bits per heavy atom. The third-order valence-electron chi connectivity index (χ3n) is 3.88. The first-order chi connectivity index (χ1) is 9.17. The smallest absolute Gasteiger partial charge is 0.239 e. The number of rotatable bonds is 5. The maximum Gasteiger partial charge on any atom is 0.239 e. The predicted molar refractivity (Wildman–Crippen MR) is 75.7 cm³/mol. The van der Waals surface area contributed by atoms with Gasteiger partial charge in [-0.2, -0.15) is 4.98 Å². The quantitative estimate of drug-likeness (QED) is 0.475. The van der Waals surface area contributed by atoms with Gasteiger partial charge in [0.25, 0.3) is 0 Å². The van der Waals surface area contributed by atoms with Crippen LogP contribution in [0.25, 0.3) is 0 Å². The van der Waals surface area contributed by atoms with E-state index >= 15 is 0 Å². The summed E-state index contributed by atoms with van der Waals surface area (Å²) in [5.74, 6) is 6.49. The summed E-state index contributed by atoms with van der Waals surface area (Å²) in [6, 6.07) is 1.88. The molecule has 1 aliphatic carbocycles. The van der Waals surface area contributed by atoms with E-state index in [1.165, 1.54) is 19.3 Å². The molecule has 0 spiro atoms. The van der Waals surface area contributed by atoms with Crippen molar-refractivity contribution in [2.24, 2.45) is 11.3 Å². The zero-order valence-electron chi connectivity index (χ0n) is 11.4. The van der Waals surface area contributed by atoms with Crippen molar-refractivity contribution in [2.75, 3.05) is 23.9 Å². The summed E-state index contributed by atoms with van der Waals surface area (Å²) in [4.78, 5) is 8.41. The van der Waals surface area contributed by atoms with Crippen molar-refractivity contribution in [3.8, 4) is 0 Å². The van der Waals surface area contributed by atoms with Crippen molar-refractivity contribution < 1.29 is 5.11 Å². The van der Waals surface area contributed by atoms with Crippen molar-refractivity contribution in [3.05, 3.63) is 11.8 Å². The maximum atomic E-state index is 9.67. The number of aliphatic hydroxyl groups is 1. The van der Waals surface area contributed by atoms with Crippen LogP contribution in [0.2, 0.25) is 0 Å². The van der Waals surface area contributed by atoms with E-state index in [1.54, 1.807) is 0 Å². The average molecular weight is 265 g/mol. The fraction of sp³-hybridized carbons (Fsp3) is 0.692. The van der Waals surface area contributed by atoms with E-state index < -0.39 is 0 Å². The summed E-state index contributed by atoms with van der Waals surface area (Å²) in [6.07, 6.45) is 5.81. The molecule has 0 atom stereocenters. The second-order valence-corrected chi connectivity index (χ2v) is 5.43. The van der Waals surface area contributed by atoms with E-state index in [9.17, 15) is 5.11 Å². The fourth-order valence-corrected chi connectivity index (χ4v) is 2.69. The lowest BCUT2D eigenvalue weighted by molar-refractivity contribution is 0.0943. The van der Waals surface area contributed by atoms with Crippen LogP contribution in [0.15, 0.2) is 6.07 Å². The lowest BCUT2D eigenvalue weighted by Crippen LogP contribution is -2.35. The molecule has 106 valence electrons. The molecule has 1 fully saturated rings. The highest BCUT2D eigenvalue weighted by atomic mass is 16.3. The fourth-order valence-electron chi connectivity index (χ4n) is 2.69. The monoisotopic (exact) mass is 265 g/mol. The first-order valence-corrected chi connectivity index (χ1v) is 6.84. The minimum Gasteiger partial charge on any atom is -0.396 e. The van der Waals surface area contributed by atoms with E-state index in [-0.39, 0.29) is 12.0 Å². The summed E-state index contributed by atoms with van der Waals surface area (Å²) < 4.78 is 0. The van der Waals surface area contributed by atoms with Crippen molar-refractivity contribution >= 4 is 11.8 Å². The van der Waals surface area contributed by atoms with Gasteiger partial charge >= 0.3 is 0 Å². The van der Waals surface area contributed by atoms with Crippen LogP contribution in [-0.2, 0) is 0 Å². The molecule has 0 aromatic carbocycles. The Morgan fingerprint density at radius 2 is 2.05 bits per heavy atom. The van der Waals surface area contributed by atoms with E-state index in [2.05, 4.69) is 20.7 Å². The minimum absolute atomic E-state index is 0.00654. The molecule has 6 nitrogen and oxygen atoms in total. The van der Waals surface area contributed by atoms with Gasteiger partial charge in [-0.15, -0.1) is 0 Å². The van der Waals surface area contributed by atoms with Crippen molar-refractivity contribution in [1.29, 1.82) is 0 Å². The molecule has 1 aromatic heterocycles. The van der Waals surface area contributed by atoms with Crippen LogP contribution in [0, 0.1) is 12.3 Å². The van der Waals surface area contributed by atoms with Gasteiger partial charge in [0.05, 0.1) is 6.61 Å². The molecule has 1 aliphatic rings. The van der Waals surface area contributed by atoms with Crippen LogP contribution in [0.1, 0.15) is 37.8 Å². The zero-order chi connectivity index (χ0) is 13.7. The molecule has 2 rings (SSSR count). The first kappa shape index (κ1) is 14.0. The molecule has 0 saturated heterocycles. The van der Waals surface area contributed by atoms with E-state index in [0.717, 1.165) is 30.9 Å². The zero-order valence-corrected chi connectivity index (χ0v) is 11.4. The number of aromatic nitrogens is 2. The second-order valence-electron chi connectivity index (χ2n) is 5.43. The number of anilines is 2. The van der Waals surface area contributed by atoms with Crippen LogP contribution < -0.4 is 16.6 Å². The van der Waals surface area contributed by atoms with E-state index in [1.807, 2.05) is 13.0 Å². The number of hydrazine groups is 1. The Hall–Kier alpha value is -1.40. The number of nitrogen functional groups attached to an aromatic ring is 1. The lowest BCUT2D eigenvalue weighted by atomic mass is 9.74. The summed E-state index contributed by atoms with van der Waals surface area (Å²) in [6.45, 7) is 2.87. The van der Waals surface area contributed by atoms with Gasteiger partial charge in [-0.1, -0.05) is 19.3 Å². The maximum absolute atomic E-state index is 9.67. The molecule has 5 N–H and O–H groups in total. The SMILES string of the molecule is Cc1cc(NCC2(CO)CCCCC2)nc(NN)n1. The summed E-state index contributed by atoms with van der Waals surface area (Å²) in [5, 5.41) is 13.0. The van der Waals surface area contributed by atoms with Gasteiger partial charge in [0, 0.05) is 23.7 Å². The standard InChI is InChI=1S/C13H23N5O/c1-10-7-11(17-12(16-10)18-14)15-8-13(9-19)5-3-2-4-6-13/h7,19H,2-6,8-9,14H2,1H3,(H2,15,16,17,18). The molecular weight excluding hydrogens is 242 g/mol. The molecule has 1 aromatic rings. The number of nitrogens with two attached hydrogens (primary N) is 1. The lowest BCUT2D eigenvalue weighted by Gasteiger charge is -2.35. The Kier molecular flexibility index (Phi) is 4.55. The van der Waals surface area contributed by atoms with Crippen LogP contribution in [-0.4, -0.2) is 28.2 Å². The average Bonchev–Trinajstić information content (AvgIpc) is 2.45. The topological polar surface area (TPSA) is 96.1 Å². The van der Waals surface area contributed by atoms with Crippen molar-refractivity contribution in [1.82, 2.24) is 9.97 Å². The number of aliphatic hydroxyl groups excluding tert-OH is 1. The van der Waals surface area contributed by atoms with Gasteiger partial charge in [0.2, 0.25) is 5.95 Å². The normalized spacial score (nSPS) is 18.1. The second kappa shape index (κ2) is 6.16. The Labute approximate surface area is 113 Å². The number of nitrogens with zero attached hydrogens (tertiary/aromatic N) is 2. The predicted octanol–water partition coefficient (Wildman–Crippen LogP) is 1.43. The van der Waals surface area contributed by atoms with Crippen LogP contribution in [0.5, 0.6) is 0 Å². The van der Waals surface area contributed by atoms with Gasteiger partial charge in [-0.25, -0.2) is 10.8 Å². The van der Waals surface area contributed by atoms with Gasteiger partial charge < -0.3 is 10.4 Å². The highest BCUT2D eigenvalue weighted by Gasteiger charge is 2.31. The minimum atomic E-state index is -0.00654. The molecule has 0 amide bonds.